The lowest BCUT2D eigenvalue weighted by atomic mass is 10.0. The minimum atomic E-state index is 0.511. The predicted molar refractivity (Wildman–Crippen MR) is 83.6 cm³/mol. The number of aromatic nitrogens is 2. The number of rotatable bonds is 3. The van der Waals surface area contributed by atoms with Gasteiger partial charge >= 0.3 is 0 Å². The number of hydrogen-bond donors (Lipinski definition) is 2. The molecule has 5 heteroatoms. The van der Waals surface area contributed by atoms with Crippen LogP contribution in [0.4, 0.5) is 17.3 Å². The lowest BCUT2D eigenvalue weighted by Gasteiger charge is -2.30. The fourth-order valence-corrected chi connectivity index (χ4v) is 2.96. The molecule has 3 N–H and O–H groups in total. The average molecular weight is 281 g/mol. The van der Waals surface area contributed by atoms with Crippen LogP contribution in [-0.2, 0) is 6.42 Å². The van der Waals surface area contributed by atoms with Crippen LogP contribution < -0.4 is 16.2 Å². The fourth-order valence-electron chi connectivity index (χ4n) is 2.96. The summed E-state index contributed by atoms with van der Waals surface area (Å²) < 4.78 is 0. The summed E-state index contributed by atoms with van der Waals surface area (Å²) in [4.78, 5) is 11.6. The number of nitrogens with one attached hydrogen (secondary N) is 1. The van der Waals surface area contributed by atoms with Crippen LogP contribution >= 0.6 is 0 Å². The summed E-state index contributed by atoms with van der Waals surface area (Å²) >= 11 is 0. The molecule has 0 radical (unpaired) electrons. The molecule has 0 saturated heterocycles. The Labute approximate surface area is 124 Å². The Hall–Kier alpha value is -2.14. The van der Waals surface area contributed by atoms with E-state index in [0.29, 0.717) is 11.7 Å². The Kier molecular flexibility index (Phi) is 3.00. The van der Waals surface area contributed by atoms with Crippen molar-refractivity contribution in [3.05, 3.63) is 41.7 Å². The van der Waals surface area contributed by atoms with Gasteiger partial charge in [-0.3, -0.25) is 0 Å². The third-order valence-corrected chi connectivity index (χ3v) is 4.21. The van der Waals surface area contributed by atoms with Gasteiger partial charge in [-0.05, 0) is 37.3 Å². The van der Waals surface area contributed by atoms with E-state index in [2.05, 4.69) is 39.6 Å². The second-order valence-corrected chi connectivity index (χ2v) is 5.77. The predicted octanol–water partition coefficient (Wildman–Crippen LogP) is 2.72. The molecule has 1 aromatic heterocycles. The number of para-hydroxylation sites is 1. The maximum absolute atomic E-state index is 5.57. The van der Waals surface area contributed by atoms with E-state index in [4.69, 9.17) is 10.8 Å². The Morgan fingerprint density at radius 1 is 1.19 bits per heavy atom. The van der Waals surface area contributed by atoms with Crippen LogP contribution in [0.3, 0.4) is 0 Å². The second kappa shape index (κ2) is 5.00. The van der Waals surface area contributed by atoms with E-state index in [1.54, 1.807) is 0 Å². The molecule has 2 aromatic rings. The molecule has 4 rings (SSSR count). The van der Waals surface area contributed by atoms with Crippen molar-refractivity contribution in [2.24, 2.45) is 5.84 Å². The van der Waals surface area contributed by atoms with Crippen LogP contribution in [0.15, 0.2) is 30.3 Å². The van der Waals surface area contributed by atoms with Crippen LogP contribution in [0, 0.1) is 0 Å². The summed E-state index contributed by atoms with van der Waals surface area (Å²) in [5.41, 5.74) is 5.32. The van der Waals surface area contributed by atoms with E-state index in [1.165, 1.54) is 24.1 Å². The molecule has 1 saturated carbocycles. The molecule has 1 aliphatic carbocycles. The Morgan fingerprint density at radius 3 is 2.86 bits per heavy atom. The highest BCUT2D eigenvalue weighted by atomic mass is 15.3. The lowest BCUT2D eigenvalue weighted by molar-refractivity contribution is 0.754. The van der Waals surface area contributed by atoms with Gasteiger partial charge in [-0.1, -0.05) is 18.2 Å². The normalized spacial score (nSPS) is 17.5. The molecule has 0 spiro atoms. The van der Waals surface area contributed by atoms with Gasteiger partial charge in [-0.25, -0.2) is 15.8 Å². The summed E-state index contributed by atoms with van der Waals surface area (Å²) in [6.07, 6.45) is 4.65. The van der Waals surface area contributed by atoms with Crippen molar-refractivity contribution in [2.45, 2.75) is 31.6 Å². The number of fused-ring (bicyclic) bond motifs is 1. The number of nitrogens with two attached hydrogens (primary N) is 1. The fraction of sp³-hybridized carbons (Fsp3) is 0.375. The molecule has 1 aliphatic heterocycles. The van der Waals surface area contributed by atoms with Crippen molar-refractivity contribution in [3.8, 4) is 0 Å². The summed E-state index contributed by atoms with van der Waals surface area (Å²) in [6.45, 7) is 0.988. The van der Waals surface area contributed by atoms with E-state index >= 15 is 0 Å². The van der Waals surface area contributed by atoms with Crippen LogP contribution in [0.25, 0.3) is 0 Å². The minimum absolute atomic E-state index is 0.511. The molecule has 5 nitrogen and oxygen atoms in total. The van der Waals surface area contributed by atoms with Gasteiger partial charge in [-0.15, -0.1) is 0 Å². The van der Waals surface area contributed by atoms with Gasteiger partial charge in [0.2, 0.25) is 0 Å². The van der Waals surface area contributed by atoms with Crippen molar-refractivity contribution in [1.29, 1.82) is 0 Å². The number of benzene rings is 1. The van der Waals surface area contributed by atoms with Gasteiger partial charge in [0.25, 0.3) is 0 Å². The largest absolute Gasteiger partial charge is 0.326 e. The molecule has 0 unspecified atom stereocenters. The van der Waals surface area contributed by atoms with Crippen molar-refractivity contribution in [2.75, 3.05) is 16.9 Å². The Balaban J connectivity index is 1.78. The van der Waals surface area contributed by atoms with Gasteiger partial charge < -0.3 is 10.3 Å². The highest BCUT2D eigenvalue weighted by Crippen LogP contribution is 2.40. The van der Waals surface area contributed by atoms with E-state index in [1.807, 2.05) is 6.07 Å². The molecule has 108 valence electrons. The van der Waals surface area contributed by atoms with Crippen LogP contribution in [0.1, 0.15) is 36.6 Å². The molecule has 0 atom stereocenters. The summed E-state index contributed by atoms with van der Waals surface area (Å²) in [7, 11) is 0. The molecule has 2 aliphatic rings. The first-order valence-corrected chi connectivity index (χ1v) is 7.56. The van der Waals surface area contributed by atoms with E-state index in [0.717, 1.165) is 31.0 Å². The first kappa shape index (κ1) is 12.6. The van der Waals surface area contributed by atoms with Crippen molar-refractivity contribution < 1.29 is 0 Å². The quantitative estimate of drug-likeness (QED) is 0.669. The smallest absolute Gasteiger partial charge is 0.145 e. The molecule has 2 heterocycles. The van der Waals surface area contributed by atoms with Crippen molar-refractivity contribution in [1.82, 2.24) is 9.97 Å². The lowest BCUT2D eigenvalue weighted by Crippen LogP contribution is -2.26. The van der Waals surface area contributed by atoms with Crippen molar-refractivity contribution in [3.63, 3.8) is 0 Å². The zero-order valence-corrected chi connectivity index (χ0v) is 11.9. The number of aryl methyl sites for hydroxylation is 1. The first-order chi connectivity index (χ1) is 10.3. The summed E-state index contributed by atoms with van der Waals surface area (Å²) in [6, 6.07) is 10.5. The van der Waals surface area contributed by atoms with Crippen molar-refractivity contribution >= 4 is 17.3 Å². The third kappa shape index (κ3) is 2.34. The standard InChI is InChI=1S/C16H19N5/c17-20-14-10-15(19-16(18-14)12-7-8-12)21-9-3-5-11-4-1-2-6-13(11)21/h1-2,4,6,10,12H,3,5,7-9,17H2,(H,18,19,20). The minimum Gasteiger partial charge on any atom is -0.326 e. The molecule has 1 aromatic carbocycles. The van der Waals surface area contributed by atoms with Gasteiger partial charge in [0.1, 0.15) is 17.5 Å². The molecule has 1 fully saturated rings. The highest BCUT2D eigenvalue weighted by Gasteiger charge is 2.28. The topological polar surface area (TPSA) is 67.1 Å². The number of nitrogen functional groups attached to an aromatic ring is 1. The van der Waals surface area contributed by atoms with Crippen LogP contribution in [0.5, 0.6) is 0 Å². The Morgan fingerprint density at radius 2 is 2.05 bits per heavy atom. The van der Waals surface area contributed by atoms with E-state index in [9.17, 15) is 0 Å². The second-order valence-electron chi connectivity index (χ2n) is 5.77. The van der Waals surface area contributed by atoms with Crippen LogP contribution in [-0.4, -0.2) is 16.5 Å². The average Bonchev–Trinajstić information content (AvgIpc) is 3.39. The van der Waals surface area contributed by atoms with E-state index in [-0.39, 0.29) is 0 Å². The van der Waals surface area contributed by atoms with E-state index < -0.39 is 0 Å². The van der Waals surface area contributed by atoms with Gasteiger partial charge in [0.15, 0.2) is 0 Å². The maximum atomic E-state index is 5.57. The van der Waals surface area contributed by atoms with Gasteiger partial charge in [0, 0.05) is 24.2 Å². The molecular formula is C16H19N5. The highest BCUT2D eigenvalue weighted by molar-refractivity contribution is 5.67. The zero-order chi connectivity index (χ0) is 14.2. The number of hydrazine groups is 1. The maximum Gasteiger partial charge on any atom is 0.145 e. The summed E-state index contributed by atoms with van der Waals surface area (Å²) in [5, 5.41) is 0. The number of nitrogens with zero attached hydrogens (tertiary/aromatic N) is 3. The SMILES string of the molecule is NNc1cc(N2CCCc3ccccc32)nc(C2CC2)n1. The summed E-state index contributed by atoms with van der Waals surface area (Å²) in [5.74, 6) is 8.65. The Bertz CT molecular complexity index is 665. The monoisotopic (exact) mass is 281 g/mol. The van der Waals surface area contributed by atoms with Gasteiger partial charge in [-0.2, -0.15) is 0 Å². The number of hydrogen-bond acceptors (Lipinski definition) is 5. The van der Waals surface area contributed by atoms with Crippen LogP contribution in [0.2, 0.25) is 0 Å². The molecule has 0 bridgehead atoms. The third-order valence-electron chi connectivity index (χ3n) is 4.21. The molecular weight excluding hydrogens is 262 g/mol. The molecule has 21 heavy (non-hydrogen) atoms. The number of anilines is 3. The first-order valence-electron chi connectivity index (χ1n) is 7.56. The molecule has 0 amide bonds. The zero-order valence-electron chi connectivity index (χ0n) is 11.9. The van der Waals surface area contributed by atoms with Gasteiger partial charge in [0.05, 0.1) is 0 Å².